The van der Waals surface area contributed by atoms with Gasteiger partial charge in [-0.1, -0.05) is 24.4 Å². The first-order chi connectivity index (χ1) is 9.53. The number of non-ortho nitro benzene ring substituents is 1. The fraction of sp³-hybridized carbons (Fsp3) is 0.571. The summed E-state index contributed by atoms with van der Waals surface area (Å²) in [6, 6.07) is 4.19. The highest BCUT2D eigenvalue weighted by molar-refractivity contribution is 6.32. The average molecular weight is 298 g/mol. The van der Waals surface area contributed by atoms with E-state index in [9.17, 15) is 15.2 Å². The number of nitro groups is 1. The topological polar surface area (TPSA) is 72.6 Å². The van der Waals surface area contributed by atoms with Crippen LogP contribution in [0.3, 0.4) is 0 Å². The summed E-state index contributed by atoms with van der Waals surface area (Å²) < 4.78 is 5.88. The Morgan fingerprint density at radius 3 is 2.70 bits per heavy atom. The SMILES string of the molecule is O=[N+]([O-])c1ccc(Cl)c(OC2CC(O)C23CCCC3)c1. The van der Waals surface area contributed by atoms with Crippen molar-refractivity contribution in [1.29, 1.82) is 0 Å². The van der Waals surface area contributed by atoms with Crippen LogP contribution >= 0.6 is 11.6 Å². The lowest BCUT2D eigenvalue weighted by Crippen LogP contribution is -2.58. The summed E-state index contributed by atoms with van der Waals surface area (Å²) in [5.74, 6) is 0.337. The predicted octanol–water partition coefficient (Wildman–Crippen LogP) is 3.32. The van der Waals surface area contributed by atoms with Crippen molar-refractivity contribution < 1.29 is 14.8 Å². The molecule has 2 saturated carbocycles. The Labute approximate surface area is 121 Å². The minimum atomic E-state index is -0.468. The maximum absolute atomic E-state index is 10.8. The number of aliphatic hydroxyl groups excluding tert-OH is 1. The van der Waals surface area contributed by atoms with Crippen molar-refractivity contribution in [3.63, 3.8) is 0 Å². The van der Waals surface area contributed by atoms with Gasteiger partial charge in [0.1, 0.15) is 11.9 Å². The lowest BCUT2D eigenvalue weighted by molar-refractivity contribution is -0.385. The molecule has 0 amide bonds. The number of nitrogens with zero attached hydrogens (tertiary/aromatic N) is 1. The van der Waals surface area contributed by atoms with E-state index in [1.165, 1.54) is 18.2 Å². The lowest BCUT2D eigenvalue weighted by atomic mass is 9.62. The van der Waals surface area contributed by atoms with Crippen LogP contribution in [-0.2, 0) is 0 Å². The van der Waals surface area contributed by atoms with Gasteiger partial charge in [-0.3, -0.25) is 10.1 Å². The monoisotopic (exact) mass is 297 g/mol. The number of hydrogen-bond donors (Lipinski definition) is 1. The second-order valence-corrected chi connectivity index (χ2v) is 6.08. The van der Waals surface area contributed by atoms with Gasteiger partial charge in [0.05, 0.1) is 22.1 Å². The molecule has 2 aliphatic carbocycles. The molecule has 6 heteroatoms. The number of halogens is 1. The van der Waals surface area contributed by atoms with Crippen molar-refractivity contribution in [3.05, 3.63) is 33.3 Å². The van der Waals surface area contributed by atoms with E-state index in [2.05, 4.69) is 0 Å². The molecular formula is C14H16ClNO4. The maximum Gasteiger partial charge on any atom is 0.273 e. The third kappa shape index (κ3) is 2.05. The first-order valence-corrected chi connectivity index (χ1v) is 7.19. The Morgan fingerprint density at radius 1 is 1.40 bits per heavy atom. The molecule has 1 spiro atoms. The van der Waals surface area contributed by atoms with Gasteiger partial charge in [-0.05, 0) is 18.9 Å². The number of ether oxygens (including phenoxy) is 1. The zero-order valence-corrected chi connectivity index (χ0v) is 11.7. The molecule has 5 nitrogen and oxygen atoms in total. The summed E-state index contributed by atoms with van der Waals surface area (Å²) in [5, 5.41) is 21.2. The van der Waals surface area contributed by atoms with Gasteiger partial charge in [-0.15, -0.1) is 0 Å². The summed E-state index contributed by atoms with van der Waals surface area (Å²) in [7, 11) is 0. The Kier molecular flexibility index (Phi) is 3.34. The molecule has 0 saturated heterocycles. The summed E-state index contributed by atoms with van der Waals surface area (Å²) in [4.78, 5) is 10.3. The van der Waals surface area contributed by atoms with Crippen LogP contribution < -0.4 is 4.74 Å². The number of hydrogen-bond acceptors (Lipinski definition) is 4. The van der Waals surface area contributed by atoms with Crippen LogP contribution in [0.2, 0.25) is 5.02 Å². The molecule has 1 N–H and O–H groups in total. The smallest absolute Gasteiger partial charge is 0.273 e. The largest absolute Gasteiger partial charge is 0.488 e. The Bertz CT molecular complexity index is 542. The standard InChI is InChI=1S/C14H16ClNO4/c15-10-4-3-9(16(18)19)7-11(10)20-13-8-12(17)14(13)5-1-2-6-14/h3-4,7,12-13,17H,1-2,5-6,8H2. The molecule has 0 aliphatic heterocycles. The van der Waals surface area contributed by atoms with Crippen molar-refractivity contribution in [3.8, 4) is 5.75 Å². The van der Waals surface area contributed by atoms with Crippen molar-refractivity contribution in [2.75, 3.05) is 0 Å². The molecular weight excluding hydrogens is 282 g/mol. The van der Waals surface area contributed by atoms with Crippen molar-refractivity contribution in [2.45, 2.75) is 44.3 Å². The van der Waals surface area contributed by atoms with Gasteiger partial charge in [-0.2, -0.15) is 0 Å². The highest BCUT2D eigenvalue weighted by atomic mass is 35.5. The number of rotatable bonds is 3. The van der Waals surface area contributed by atoms with Crippen LogP contribution in [0, 0.1) is 15.5 Å². The van der Waals surface area contributed by atoms with E-state index >= 15 is 0 Å². The molecule has 0 radical (unpaired) electrons. The molecule has 0 bridgehead atoms. The first kappa shape index (κ1) is 13.6. The normalized spacial score (nSPS) is 27.3. The van der Waals surface area contributed by atoms with Crippen molar-refractivity contribution in [2.24, 2.45) is 5.41 Å². The van der Waals surface area contributed by atoms with E-state index in [1.807, 2.05) is 0 Å². The lowest BCUT2D eigenvalue weighted by Gasteiger charge is -2.51. The molecule has 2 aliphatic rings. The van der Waals surface area contributed by atoms with Crippen LogP contribution in [-0.4, -0.2) is 22.2 Å². The molecule has 0 heterocycles. The van der Waals surface area contributed by atoms with Crippen LogP contribution in [0.5, 0.6) is 5.75 Å². The van der Waals surface area contributed by atoms with Gasteiger partial charge < -0.3 is 9.84 Å². The highest BCUT2D eigenvalue weighted by Gasteiger charge is 2.57. The molecule has 2 fully saturated rings. The molecule has 20 heavy (non-hydrogen) atoms. The fourth-order valence-electron chi connectivity index (χ4n) is 3.43. The second-order valence-electron chi connectivity index (χ2n) is 5.67. The predicted molar refractivity (Wildman–Crippen MR) is 74.0 cm³/mol. The number of aliphatic hydroxyl groups is 1. The van der Waals surface area contributed by atoms with Gasteiger partial charge in [0.25, 0.3) is 5.69 Å². The Balaban J connectivity index is 1.81. The Hall–Kier alpha value is -1.33. The zero-order valence-electron chi connectivity index (χ0n) is 10.9. The van der Waals surface area contributed by atoms with E-state index in [-0.39, 0.29) is 23.3 Å². The summed E-state index contributed by atoms with van der Waals surface area (Å²) in [6.45, 7) is 0. The highest BCUT2D eigenvalue weighted by Crippen LogP contribution is 2.55. The summed E-state index contributed by atoms with van der Waals surface area (Å²) in [5.41, 5.74) is -0.210. The first-order valence-electron chi connectivity index (χ1n) is 6.81. The summed E-state index contributed by atoms with van der Waals surface area (Å²) in [6.07, 6.45) is 4.24. The van der Waals surface area contributed by atoms with Gasteiger partial charge in [-0.25, -0.2) is 0 Å². The molecule has 1 aromatic rings. The molecule has 2 atom stereocenters. The molecule has 0 aromatic heterocycles. The molecule has 1 aromatic carbocycles. The summed E-state index contributed by atoms with van der Waals surface area (Å²) >= 11 is 6.05. The third-order valence-corrected chi connectivity index (χ3v) is 4.98. The van der Waals surface area contributed by atoms with E-state index in [0.29, 0.717) is 17.2 Å². The molecule has 2 unspecified atom stereocenters. The zero-order chi connectivity index (χ0) is 14.3. The fourth-order valence-corrected chi connectivity index (χ4v) is 3.59. The molecule has 108 valence electrons. The van der Waals surface area contributed by atoms with Crippen LogP contribution in [0.1, 0.15) is 32.1 Å². The van der Waals surface area contributed by atoms with E-state index in [1.54, 1.807) is 0 Å². The maximum atomic E-state index is 10.8. The van der Waals surface area contributed by atoms with Gasteiger partial charge in [0.15, 0.2) is 0 Å². The molecule has 3 rings (SSSR count). The van der Waals surface area contributed by atoms with Crippen molar-refractivity contribution in [1.82, 2.24) is 0 Å². The quantitative estimate of drug-likeness (QED) is 0.686. The second kappa shape index (κ2) is 4.90. The minimum Gasteiger partial charge on any atom is -0.488 e. The van der Waals surface area contributed by atoms with Gasteiger partial charge in [0.2, 0.25) is 0 Å². The van der Waals surface area contributed by atoms with Crippen LogP contribution in [0.4, 0.5) is 5.69 Å². The third-order valence-electron chi connectivity index (χ3n) is 4.67. The van der Waals surface area contributed by atoms with E-state index in [4.69, 9.17) is 16.3 Å². The van der Waals surface area contributed by atoms with Gasteiger partial charge >= 0.3 is 0 Å². The average Bonchev–Trinajstić information content (AvgIpc) is 2.92. The van der Waals surface area contributed by atoms with E-state index < -0.39 is 4.92 Å². The van der Waals surface area contributed by atoms with Gasteiger partial charge in [0, 0.05) is 17.9 Å². The van der Waals surface area contributed by atoms with Crippen molar-refractivity contribution >= 4 is 17.3 Å². The van der Waals surface area contributed by atoms with E-state index in [0.717, 1.165) is 25.7 Å². The number of nitro benzene ring substituents is 1. The Morgan fingerprint density at radius 2 is 2.10 bits per heavy atom. The minimum absolute atomic E-state index is 0.0373. The van der Waals surface area contributed by atoms with Crippen LogP contribution in [0.15, 0.2) is 18.2 Å². The number of benzene rings is 1. The van der Waals surface area contributed by atoms with Crippen LogP contribution in [0.25, 0.3) is 0 Å².